The summed E-state index contributed by atoms with van der Waals surface area (Å²) in [5, 5.41) is 6.44. The van der Waals surface area contributed by atoms with Gasteiger partial charge in [-0.25, -0.2) is 9.18 Å². The molecule has 0 unspecified atom stereocenters. The lowest BCUT2D eigenvalue weighted by Gasteiger charge is -2.13. The third-order valence-corrected chi connectivity index (χ3v) is 4.05. The topological polar surface area (TPSA) is 54.3 Å². The number of benzene rings is 2. The highest BCUT2D eigenvalue weighted by molar-refractivity contribution is 9.10. The Morgan fingerprint density at radius 2 is 2.00 bits per heavy atom. The fraction of sp³-hybridized carbons (Fsp3) is 0.118. The molecule has 3 rings (SSSR count). The predicted molar refractivity (Wildman–Crippen MR) is 90.9 cm³/mol. The second-order valence-electron chi connectivity index (χ2n) is 5.13. The molecule has 0 aliphatic carbocycles. The smallest absolute Gasteiger partial charge is 0.319 e. The molecule has 2 amide bonds. The van der Waals surface area contributed by atoms with Gasteiger partial charge in [-0.1, -0.05) is 18.2 Å². The van der Waals surface area contributed by atoms with Crippen molar-refractivity contribution in [1.82, 2.24) is 5.32 Å². The molecule has 118 valence electrons. The maximum absolute atomic E-state index is 13.0. The Labute approximate surface area is 140 Å². The molecule has 0 fully saturated rings. The number of fused-ring (bicyclic) bond motifs is 1. The summed E-state index contributed by atoms with van der Waals surface area (Å²) in [5.74, 6) is 0.290. The van der Waals surface area contributed by atoms with Gasteiger partial charge in [0.15, 0.2) is 0 Å². The molecule has 1 aromatic heterocycles. The summed E-state index contributed by atoms with van der Waals surface area (Å²) in [6, 6.07) is 12.9. The van der Waals surface area contributed by atoms with Crippen LogP contribution in [0.15, 0.2) is 57.4 Å². The van der Waals surface area contributed by atoms with E-state index in [0.29, 0.717) is 15.9 Å². The van der Waals surface area contributed by atoms with Crippen molar-refractivity contribution in [3.63, 3.8) is 0 Å². The molecule has 0 saturated heterocycles. The van der Waals surface area contributed by atoms with Gasteiger partial charge < -0.3 is 15.1 Å². The number of carbonyl (C=O) groups excluding carboxylic acids is 1. The standard InChI is InChI=1S/C17H14BrFN2O2/c1-10(16-8-11-4-2-3-5-15(11)23-16)20-17(22)21-14-7-6-12(19)9-13(14)18/h2-10H,1H3,(H2,20,21,22)/t10-/m1/s1. The number of carbonyl (C=O) groups is 1. The van der Waals surface area contributed by atoms with Gasteiger partial charge in [0.25, 0.3) is 0 Å². The van der Waals surface area contributed by atoms with Crippen LogP contribution in [0.5, 0.6) is 0 Å². The van der Waals surface area contributed by atoms with Crippen LogP contribution < -0.4 is 10.6 Å². The average Bonchev–Trinajstić information content (AvgIpc) is 2.94. The van der Waals surface area contributed by atoms with Gasteiger partial charge in [-0.15, -0.1) is 0 Å². The number of rotatable bonds is 3. The van der Waals surface area contributed by atoms with Gasteiger partial charge in [-0.05, 0) is 53.2 Å². The van der Waals surface area contributed by atoms with Crippen LogP contribution in [0.25, 0.3) is 11.0 Å². The van der Waals surface area contributed by atoms with Crippen molar-refractivity contribution in [2.75, 3.05) is 5.32 Å². The highest BCUT2D eigenvalue weighted by Crippen LogP contribution is 2.25. The minimum atomic E-state index is -0.398. The Kier molecular flexibility index (Phi) is 4.34. The van der Waals surface area contributed by atoms with Crippen LogP contribution in [-0.2, 0) is 0 Å². The Morgan fingerprint density at radius 1 is 1.22 bits per heavy atom. The second kappa shape index (κ2) is 6.42. The zero-order valence-electron chi connectivity index (χ0n) is 12.3. The summed E-state index contributed by atoms with van der Waals surface area (Å²) in [6.07, 6.45) is 0. The number of urea groups is 1. The van der Waals surface area contributed by atoms with E-state index in [4.69, 9.17) is 4.42 Å². The molecule has 0 aliphatic heterocycles. The van der Waals surface area contributed by atoms with Gasteiger partial charge in [-0.3, -0.25) is 0 Å². The molecule has 0 bridgehead atoms. The van der Waals surface area contributed by atoms with Gasteiger partial charge in [-0.2, -0.15) is 0 Å². The van der Waals surface area contributed by atoms with Gasteiger partial charge in [0.1, 0.15) is 17.2 Å². The molecule has 0 radical (unpaired) electrons. The van der Waals surface area contributed by atoms with Crippen LogP contribution in [0.2, 0.25) is 0 Å². The highest BCUT2D eigenvalue weighted by Gasteiger charge is 2.15. The lowest BCUT2D eigenvalue weighted by atomic mass is 10.2. The number of hydrogen-bond acceptors (Lipinski definition) is 2. The maximum Gasteiger partial charge on any atom is 0.319 e. The summed E-state index contributed by atoms with van der Waals surface area (Å²) < 4.78 is 19.2. The van der Waals surface area contributed by atoms with E-state index in [-0.39, 0.29) is 11.9 Å². The first-order valence-electron chi connectivity index (χ1n) is 7.04. The van der Waals surface area contributed by atoms with Crippen LogP contribution >= 0.6 is 15.9 Å². The summed E-state index contributed by atoms with van der Waals surface area (Å²) in [7, 11) is 0. The summed E-state index contributed by atoms with van der Waals surface area (Å²) >= 11 is 3.21. The number of nitrogens with one attached hydrogen (secondary N) is 2. The van der Waals surface area contributed by atoms with Crippen LogP contribution in [-0.4, -0.2) is 6.03 Å². The molecule has 2 aromatic carbocycles. The van der Waals surface area contributed by atoms with Gasteiger partial charge >= 0.3 is 6.03 Å². The molecule has 6 heteroatoms. The number of para-hydroxylation sites is 1. The third kappa shape index (κ3) is 3.53. The lowest BCUT2D eigenvalue weighted by molar-refractivity contribution is 0.248. The van der Waals surface area contributed by atoms with Crippen molar-refractivity contribution in [2.45, 2.75) is 13.0 Å². The number of furan rings is 1. The normalized spacial score (nSPS) is 12.1. The van der Waals surface area contributed by atoms with E-state index in [0.717, 1.165) is 11.0 Å². The number of amides is 2. The fourth-order valence-electron chi connectivity index (χ4n) is 2.23. The predicted octanol–water partition coefficient (Wildman–Crippen LogP) is 5.22. The highest BCUT2D eigenvalue weighted by atomic mass is 79.9. The molecular formula is C17H14BrFN2O2. The quantitative estimate of drug-likeness (QED) is 0.658. The van der Waals surface area contributed by atoms with Crippen LogP contribution in [0.1, 0.15) is 18.7 Å². The molecule has 0 aliphatic rings. The maximum atomic E-state index is 13.0. The summed E-state index contributed by atoms with van der Waals surface area (Å²) in [5.41, 5.74) is 1.26. The van der Waals surface area contributed by atoms with E-state index >= 15 is 0 Å². The SMILES string of the molecule is C[C@@H](NC(=O)Nc1ccc(F)cc1Br)c1cc2ccccc2o1. The minimum absolute atomic E-state index is 0.304. The minimum Gasteiger partial charge on any atom is -0.459 e. The monoisotopic (exact) mass is 376 g/mol. The van der Waals surface area contributed by atoms with Crippen molar-refractivity contribution >= 4 is 38.6 Å². The number of hydrogen-bond donors (Lipinski definition) is 2. The molecular weight excluding hydrogens is 363 g/mol. The van der Waals surface area contributed by atoms with Gasteiger partial charge in [0.05, 0.1) is 11.7 Å². The van der Waals surface area contributed by atoms with E-state index in [9.17, 15) is 9.18 Å². The third-order valence-electron chi connectivity index (χ3n) is 3.40. The van der Waals surface area contributed by atoms with Crippen LogP contribution in [0.4, 0.5) is 14.9 Å². The van der Waals surface area contributed by atoms with E-state index in [1.807, 2.05) is 37.3 Å². The van der Waals surface area contributed by atoms with E-state index in [2.05, 4.69) is 26.6 Å². The summed E-state index contributed by atoms with van der Waals surface area (Å²) in [4.78, 5) is 12.1. The van der Waals surface area contributed by atoms with Crippen LogP contribution in [0.3, 0.4) is 0 Å². The first kappa shape index (κ1) is 15.6. The fourth-order valence-corrected chi connectivity index (χ4v) is 2.68. The number of anilines is 1. The van der Waals surface area contributed by atoms with E-state index in [1.165, 1.54) is 18.2 Å². The van der Waals surface area contributed by atoms with Crippen molar-refractivity contribution in [3.8, 4) is 0 Å². The van der Waals surface area contributed by atoms with Gasteiger partial charge in [0.2, 0.25) is 0 Å². The first-order chi connectivity index (χ1) is 11.0. The molecule has 4 nitrogen and oxygen atoms in total. The van der Waals surface area contributed by atoms with Crippen molar-refractivity contribution in [3.05, 3.63) is 64.6 Å². The van der Waals surface area contributed by atoms with Crippen molar-refractivity contribution in [1.29, 1.82) is 0 Å². The number of halogens is 2. The van der Waals surface area contributed by atoms with E-state index < -0.39 is 6.03 Å². The Balaban J connectivity index is 1.69. The molecule has 0 spiro atoms. The van der Waals surface area contributed by atoms with E-state index in [1.54, 1.807) is 0 Å². The molecule has 1 atom stereocenters. The Bertz CT molecular complexity index is 830. The molecule has 0 saturated carbocycles. The lowest BCUT2D eigenvalue weighted by Crippen LogP contribution is -2.31. The average molecular weight is 377 g/mol. The molecule has 2 N–H and O–H groups in total. The van der Waals surface area contributed by atoms with Crippen LogP contribution in [0, 0.1) is 5.82 Å². The van der Waals surface area contributed by atoms with Crippen molar-refractivity contribution < 1.29 is 13.6 Å². The van der Waals surface area contributed by atoms with Gasteiger partial charge in [0, 0.05) is 9.86 Å². The second-order valence-corrected chi connectivity index (χ2v) is 5.99. The summed E-state index contributed by atoms with van der Waals surface area (Å²) in [6.45, 7) is 1.83. The van der Waals surface area contributed by atoms with Crippen molar-refractivity contribution in [2.24, 2.45) is 0 Å². The molecule has 23 heavy (non-hydrogen) atoms. The largest absolute Gasteiger partial charge is 0.459 e. The zero-order chi connectivity index (χ0) is 16.4. The zero-order valence-corrected chi connectivity index (χ0v) is 13.9. The molecule has 1 heterocycles. The first-order valence-corrected chi connectivity index (χ1v) is 7.83. The molecule has 3 aromatic rings. The Morgan fingerprint density at radius 3 is 2.74 bits per heavy atom. The Hall–Kier alpha value is -2.34.